The maximum absolute atomic E-state index is 4.49. The zero-order valence-corrected chi connectivity index (χ0v) is 14.9. The lowest BCUT2D eigenvalue weighted by atomic mass is 10.1. The normalized spacial score (nSPS) is 15.8. The van der Waals surface area contributed by atoms with E-state index in [9.17, 15) is 0 Å². The van der Waals surface area contributed by atoms with Gasteiger partial charge in [-0.05, 0) is 44.5 Å². The molecule has 1 aliphatic carbocycles. The highest BCUT2D eigenvalue weighted by Crippen LogP contribution is 2.36. The van der Waals surface area contributed by atoms with Crippen LogP contribution in [0.3, 0.4) is 0 Å². The molecule has 0 radical (unpaired) electrons. The maximum Gasteiger partial charge on any atom is 0.138 e. The van der Waals surface area contributed by atoms with Crippen molar-refractivity contribution < 1.29 is 0 Å². The summed E-state index contributed by atoms with van der Waals surface area (Å²) in [5, 5.41) is 4.69. The Kier molecular flexibility index (Phi) is 4.21. The Labute approximate surface area is 146 Å². The molecule has 1 N–H and O–H groups in total. The lowest BCUT2D eigenvalue weighted by Crippen LogP contribution is -2.36. The van der Waals surface area contributed by atoms with Crippen molar-refractivity contribution in [1.29, 1.82) is 0 Å². The predicted molar refractivity (Wildman–Crippen MR) is 102 cm³/mol. The second-order valence-electron chi connectivity index (χ2n) is 6.67. The molecule has 0 aliphatic heterocycles. The van der Waals surface area contributed by atoms with E-state index in [0.29, 0.717) is 6.04 Å². The second-order valence-corrected chi connectivity index (χ2v) is 7.70. The highest BCUT2D eigenvalue weighted by atomic mass is 32.1. The van der Waals surface area contributed by atoms with Crippen molar-refractivity contribution in [2.45, 2.75) is 18.9 Å². The molecule has 1 aliphatic rings. The van der Waals surface area contributed by atoms with Crippen LogP contribution in [-0.4, -0.2) is 41.5 Å². The monoisotopic (exact) mass is 338 g/mol. The van der Waals surface area contributed by atoms with E-state index in [1.807, 2.05) is 6.07 Å². The summed E-state index contributed by atoms with van der Waals surface area (Å²) in [4.78, 5) is 13.5. The third-order valence-corrected chi connectivity index (χ3v) is 5.79. The van der Waals surface area contributed by atoms with Gasteiger partial charge in [0.2, 0.25) is 0 Å². The van der Waals surface area contributed by atoms with Crippen molar-refractivity contribution in [2.75, 3.05) is 26.0 Å². The van der Waals surface area contributed by atoms with Gasteiger partial charge < -0.3 is 10.2 Å². The summed E-state index contributed by atoms with van der Waals surface area (Å²) in [6, 6.07) is 13.2. The molecule has 0 bridgehead atoms. The third kappa shape index (κ3) is 3.14. The SMILES string of the molecule is CN(C)C(CNc1ncnc2sc(-c3ccccc3)cc12)C1CC1. The first-order chi connectivity index (χ1) is 11.7. The van der Waals surface area contributed by atoms with Gasteiger partial charge in [0.15, 0.2) is 0 Å². The van der Waals surface area contributed by atoms with E-state index in [-0.39, 0.29) is 0 Å². The smallest absolute Gasteiger partial charge is 0.138 e. The van der Waals surface area contributed by atoms with Gasteiger partial charge in [-0.3, -0.25) is 0 Å². The first-order valence-electron chi connectivity index (χ1n) is 8.42. The summed E-state index contributed by atoms with van der Waals surface area (Å²) in [6.07, 6.45) is 4.36. The molecule has 0 amide bonds. The van der Waals surface area contributed by atoms with Crippen LogP contribution in [0.25, 0.3) is 20.7 Å². The van der Waals surface area contributed by atoms with Gasteiger partial charge in [-0.1, -0.05) is 30.3 Å². The summed E-state index contributed by atoms with van der Waals surface area (Å²) >= 11 is 1.72. The lowest BCUT2D eigenvalue weighted by molar-refractivity contribution is 0.276. The van der Waals surface area contributed by atoms with Gasteiger partial charge in [0, 0.05) is 17.5 Å². The highest BCUT2D eigenvalue weighted by molar-refractivity contribution is 7.21. The quantitative estimate of drug-likeness (QED) is 0.734. The molecule has 3 aromatic rings. The molecular formula is C19H22N4S. The van der Waals surface area contributed by atoms with Crippen LogP contribution < -0.4 is 5.32 Å². The Morgan fingerprint density at radius 2 is 2.00 bits per heavy atom. The van der Waals surface area contributed by atoms with Crippen LogP contribution in [-0.2, 0) is 0 Å². The molecule has 4 rings (SSSR count). The van der Waals surface area contributed by atoms with Crippen LogP contribution in [0.15, 0.2) is 42.7 Å². The standard InChI is InChI=1S/C19H22N4S/c1-23(2)16(13-8-9-13)11-20-18-15-10-17(14-6-4-3-5-7-14)24-19(15)22-12-21-18/h3-7,10,12-13,16H,8-9,11H2,1-2H3,(H,20,21,22). The largest absolute Gasteiger partial charge is 0.368 e. The van der Waals surface area contributed by atoms with Crippen LogP contribution in [0.1, 0.15) is 12.8 Å². The van der Waals surface area contributed by atoms with Crippen LogP contribution in [0.2, 0.25) is 0 Å². The summed E-state index contributed by atoms with van der Waals surface area (Å²) in [6.45, 7) is 0.931. The average Bonchev–Trinajstić information content (AvgIpc) is 3.33. The van der Waals surface area contributed by atoms with Crippen molar-refractivity contribution in [3.05, 3.63) is 42.7 Å². The zero-order valence-electron chi connectivity index (χ0n) is 14.1. The number of benzene rings is 1. The van der Waals surface area contributed by atoms with Crippen LogP contribution in [0.5, 0.6) is 0 Å². The number of thiophene rings is 1. The summed E-state index contributed by atoms with van der Waals surface area (Å²) in [7, 11) is 4.33. The molecule has 0 saturated heterocycles. The van der Waals surface area contributed by atoms with Gasteiger partial charge in [-0.25, -0.2) is 9.97 Å². The van der Waals surface area contributed by atoms with E-state index in [2.05, 4.69) is 64.6 Å². The average molecular weight is 338 g/mol. The fourth-order valence-corrected chi connectivity index (χ4v) is 4.20. The molecule has 1 aromatic carbocycles. The van der Waals surface area contributed by atoms with Crippen molar-refractivity contribution >= 4 is 27.4 Å². The number of anilines is 1. The van der Waals surface area contributed by atoms with E-state index >= 15 is 0 Å². The van der Waals surface area contributed by atoms with Crippen LogP contribution in [0, 0.1) is 5.92 Å². The second kappa shape index (κ2) is 6.49. The van der Waals surface area contributed by atoms with Crippen molar-refractivity contribution in [3.8, 4) is 10.4 Å². The molecule has 2 aromatic heterocycles. The number of aromatic nitrogens is 2. The molecular weight excluding hydrogens is 316 g/mol. The number of hydrogen-bond acceptors (Lipinski definition) is 5. The Balaban J connectivity index is 1.60. The first-order valence-corrected chi connectivity index (χ1v) is 9.24. The number of nitrogens with one attached hydrogen (secondary N) is 1. The van der Waals surface area contributed by atoms with Gasteiger partial charge in [-0.15, -0.1) is 11.3 Å². The molecule has 1 saturated carbocycles. The van der Waals surface area contributed by atoms with Gasteiger partial charge in [0.1, 0.15) is 17.0 Å². The number of fused-ring (bicyclic) bond motifs is 1. The Morgan fingerprint density at radius 1 is 1.21 bits per heavy atom. The Morgan fingerprint density at radius 3 is 2.71 bits per heavy atom. The van der Waals surface area contributed by atoms with Crippen molar-refractivity contribution in [1.82, 2.24) is 14.9 Å². The molecule has 0 spiro atoms. The highest BCUT2D eigenvalue weighted by Gasteiger charge is 2.32. The van der Waals surface area contributed by atoms with E-state index in [4.69, 9.17) is 0 Å². The fourth-order valence-electron chi connectivity index (χ4n) is 3.19. The summed E-state index contributed by atoms with van der Waals surface area (Å²) < 4.78 is 0. The minimum atomic E-state index is 0.572. The molecule has 124 valence electrons. The zero-order chi connectivity index (χ0) is 16.5. The minimum absolute atomic E-state index is 0.572. The summed E-state index contributed by atoms with van der Waals surface area (Å²) in [5.74, 6) is 1.78. The van der Waals surface area contributed by atoms with E-state index < -0.39 is 0 Å². The third-order valence-electron chi connectivity index (χ3n) is 4.70. The van der Waals surface area contributed by atoms with Crippen molar-refractivity contribution in [3.63, 3.8) is 0 Å². The molecule has 4 nitrogen and oxygen atoms in total. The van der Waals surface area contributed by atoms with Gasteiger partial charge in [-0.2, -0.15) is 0 Å². The van der Waals surface area contributed by atoms with E-state index in [0.717, 1.165) is 28.5 Å². The molecule has 1 fully saturated rings. The minimum Gasteiger partial charge on any atom is -0.368 e. The number of rotatable bonds is 6. The maximum atomic E-state index is 4.49. The van der Waals surface area contributed by atoms with E-state index in [1.165, 1.54) is 23.3 Å². The van der Waals surface area contributed by atoms with Crippen LogP contribution in [0.4, 0.5) is 5.82 Å². The van der Waals surface area contributed by atoms with E-state index in [1.54, 1.807) is 17.7 Å². The van der Waals surface area contributed by atoms with Gasteiger partial charge in [0.05, 0.1) is 5.39 Å². The molecule has 1 unspecified atom stereocenters. The topological polar surface area (TPSA) is 41.0 Å². The number of hydrogen-bond donors (Lipinski definition) is 1. The number of nitrogens with zero attached hydrogens (tertiary/aromatic N) is 3. The lowest BCUT2D eigenvalue weighted by Gasteiger charge is -2.24. The summed E-state index contributed by atoms with van der Waals surface area (Å²) in [5.41, 5.74) is 1.23. The molecule has 24 heavy (non-hydrogen) atoms. The molecule has 5 heteroatoms. The van der Waals surface area contributed by atoms with Crippen molar-refractivity contribution in [2.24, 2.45) is 5.92 Å². The fraction of sp³-hybridized carbons (Fsp3) is 0.368. The van der Waals surface area contributed by atoms with Crippen LogP contribution >= 0.6 is 11.3 Å². The molecule has 2 heterocycles. The predicted octanol–water partition coefficient (Wildman–Crippen LogP) is 4.11. The Hall–Kier alpha value is -1.98. The Bertz CT molecular complexity index is 822. The molecule has 1 atom stereocenters. The number of likely N-dealkylation sites (N-methyl/N-ethyl adjacent to an activating group) is 1. The van der Waals surface area contributed by atoms with Gasteiger partial charge >= 0.3 is 0 Å². The van der Waals surface area contributed by atoms with Gasteiger partial charge in [0.25, 0.3) is 0 Å². The first kappa shape index (κ1) is 15.5.